The molecule has 2 aromatic heterocycles. The fourth-order valence-electron chi connectivity index (χ4n) is 8.36. The third-order valence-electron chi connectivity index (χ3n) is 10.9. The number of nitrogens with one attached hydrogen (secondary N) is 1. The number of amidine groups is 2. The zero-order valence-electron chi connectivity index (χ0n) is 29.8. The van der Waals surface area contributed by atoms with Crippen molar-refractivity contribution in [2.75, 3.05) is 0 Å². The Bertz CT molecular complexity index is 3160. The summed E-state index contributed by atoms with van der Waals surface area (Å²) in [6.45, 7) is 0. The Morgan fingerprint density at radius 1 is 0.473 bits per heavy atom. The van der Waals surface area contributed by atoms with Gasteiger partial charge in [0.2, 0.25) is 0 Å². The second kappa shape index (κ2) is 12.6. The van der Waals surface area contributed by atoms with Gasteiger partial charge in [-0.25, -0.2) is 9.98 Å². The summed E-state index contributed by atoms with van der Waals surface area (Å²) in [6, 6.07) is 64.4. The number of hydrogen-bond acceptors (Lipinski definition) is 4. The van der Waals surface area contributed by atoms with E-state index in [4.69, 9.17) is 15.0 Å². The van der Waals surface area contributed by atoms with Crippen LogP contribution in [-0.2, 0) is 0 Å². The first-order valence-electron chi connectivity index (χ1n) is 18.6. The predicted octanol–water partition coefficient (Wildman–Crippen LogP) is 11.8. The molecule has 1 atom stereocenters. The van der Waals surface area contributed by atoms with Crippen LogP contribution in [0, 0.1) is 0 Å². The molecule has 3 heterocycles. The molecular weight excluding hydrogens is 671 g/mol. The molecule has 0 radical (unpaired) electrons. The Balaban J connectivity index is 1.22. The summed E-state index contributed by atoms with van der Waals surface area (Å²) in [6.07, 6.45) is 1.57. The Labute approximate surface area is 317 Å². The van der Waals surface area contributed by atoms with Gasteiger partial charge >= 0.3 is 0 Å². The normalized spacial score (nSPS) is 14.4. The van der Waals surface area contributed by atoms with Crippen molar-refractivity contribution in [3.8, 4) is 16.8 Å². The predicted molar refractivity (Wildman–Crippen MR) is 228 cm³/mol. The van der Waals surface area contributed by atoms with E-state index in [2.05, 4.69) is 174 Å². The first-order valence-corrected chi connectivity index (χ1v) is 18.6. The molecule has 1 N–H and O–H groups in total. The van der Waals surface area contributed by atoms with E-state index >= 15 is 0 Å². The van der Waals surface area contributed by atoms with Crippen LogP contribution < -0.4 is 5.32 Å². The third kappa shape index (κ3) is 5.12. The van der Waals surface area contributed by atoms with Crippen LogP contribution >= 0.6 is 0 Å². The second-order valence-electron chi connectivity index (χ2n) is 14.0. The van der Waals surface area contributed by atoms with Crippen molar-refractivity contribution < 1.29 is 0 Å². The lowest BCUT2D eigenvalue weighted by atomic mass is 9.88. The van der Waals surface area contributed by atoms with Gasteiger partial charge in [-0.05, 0) is 92.2 Å². The summed E-state index contributed by atoms with van der Waals surface area (Å²) < 4.78 is 2.31. The highest BCUT2D eigenvalue weighted by atomic mass is 15.2. The van der Waals surface area contributed by atoms with Gasteiger partial charge in [0.1, 0.15) is 12.0 Å². The second-order valence-corrected chi connectivity index (χ2v) is 14.0. The molecular formula is C50H33N5. The number of hydrogen-bond donors (Lipinski definition) is 1. The topological polar surface area (TPSA) is 54.6 Å². The number of para-hydroxylation sites is 1. The summed E-state index contributed by atoms with van der Waals surface area (Å²) >= 11 is 0. The molecule has 0 saturated heterocycles. The summed E-state index contributed by atoms with van der Waals surface area (Å²) in [5.41, 5.74) is 9.57. The van der Waals surface area contributed by atoms with Gasteiger partial charge in [-0.1, -0.05) is 133 Å². The minimum absolute atomic E-state index is 0.319. The number of aromatic nitrogens is 2. The standard InChI is InChI=1S/C50H33N5/c1-4-15-32(16-5-1)48-52-49(33-17-6-2-7-18-33)54-50(53-48)43-31-35(30-41-39-23-11-10-21-37(39)38-22-12-13-24-40(38)46(41)43)34-26-27-44-42(29-34)47-45(25-14-28-51-47)55(44)36-19-8-3-9-20-36/h1-31,48H,(H,52,53,54). The molecule has 55 heavy (non-hydrogen) atoms. The molecule has 10 aromatic rings. The lowest BCUT2D eigenvalue weighted by molar-refractivity contribution is 0.674. The molecule has 0 bridgehead atoms. The van der Waals surface area contributed by atoms with Crippen molar-refractivity contribution in [2.24, 2.45) is 9.98 Å². The van der Waals surface area contributed by atoms with Crippen LogP contribution in [0.15, 0.2) is 198 Å². The van der Waals surface area contributed by atoms with Gasteiger partial charge in [-0.2, -0.15) is 0 Å². The van der Waals surface area contributed by atoms with Crippen LogP contribution in [0.5, 0.6) is 0 Å². The van der Waals surface area contributed by atoms with E-state index in [0.717, 1.165) is 66.7 Å². The Morgan fingerprint density at radius 3 is 1.87 bits per heavy atom. The summed E-state index contributed by atoms with van der Waals surface area (Å²) in [5.74, 6) is 1.49. The number of nitrogens with zero attached hydrogens (tertiary/aromatic N) is 4. The minimum Gasteiger partial charge on any atom is -0.344 e. The minimum atomic E-state index is -0.319. The molecule has 0 spiro atoms. The summed E-state index contributed by atoms with van der Waals surface area (Å²) in [5, 5.41) is 11.9. The molecule has 5 nitrogen and oxygen atoms in total. The van der Waals surface area contributed by atoms with Gasteiger partial charge in [-0.15, -0.1) is 0 Å². The maximum absolute atomic E-state index is 5.40. The Morgan fingerprint density at radius 2 is 1.11 bits per heavy atom. The van der Waals surface area contributed by atoms with Crippen LogP contribution in [-0.4, -0.2) is 21.2 Å². The highest BCUT2D eigenvalue weighted by molar-refractivity contribution is 6.31. The first kappa shape index (κ1) is 31.2. The zero-order chi connectivity index (χ0) is 36.3. The quantitative estimate of drug-likeness (QED) is 0.181. The largest absolute Gasteiger partial charge is 0.344 e. The zero-order valence-corrected chi connectivity index (χ0v) is 29.8. The number of aliphatic imine (C=N–C) groups is 2. The molecule has 11 rings (SSSR count). The Kier molecular flexibility index (Phi) is 7.17. The molecule has 1 aliphatic heterocycles. The van der Waals surface area contributed by atoms with Gasteiger partial charge < -0.3 is 9.88 Å². The molecule has 0 aliphatic carbocycles. The monoisotopic (exact) mass is 703 g/mol. The number of rotatable bonds is 5. The Hall–Kier alpha value is -7.37. The summed E-state index contributed by atoms with van der Waals surface area (Å²) in [7, 11) is 0. The van der Waals surface area contributed by atoms with E-state index in [9.17, 15) is 0 Å². The molecule has 8 aromatic carbocycles. The van der Waals surface area contributed by atoms with Crippen molar-refractivity contribution in [3.63, 3.8) is 0 Å². The van der Waals surface area contributed by atoms with Crippen LogP contribution in [0.25, 0.3) is 71.1 Å². The fourth-order valence-corrected chi connectivity index (χ4v) is 8.36. The average Bonchev–Trinajstić information content (AvgIpc) is 3.60. The maximum atomic E-state index is 5.40. The van der Waals surface area contributed by atoms with E-state index in [-0.39, 0.29) is 6.17 Å². The molecule has 0 amide bonds. The lowest BCUT2D eigenvalue weighted by Gasteiger charge is -2.25. The molecule has 0 fully saturated rings. The molecule has 5 heteroatoms. The highest BCUT2D eigenvalue weighted by Crippen LogP contribution is 2.41. The van der Waals surface area contributed by atoms with E-state index in [1.165, 1.54) is 26.9 Å². The van der Waals surface area contributed by atoms with Crippen LogP contribution in [0.3, 0.4) is 0 Å². The third-order valence-corrected chi connectivity index (χ3v) is 10.9. The van der Waals surface area contributed by atoms with Crippen LogP contribution in [0.1, 0.15) is 22.9 Å². The van der Waals surface area contributed by atoms with Gasteiger partial charge in [0.25, 0.3) is 0 Å². The average molecular weight is 704 g/mol. The van der Waals surface area contributed by atoms with E-state index in [0.29, 0.717) is 5.84 Å². The summed E-state index contributed by atoms with van der Waals surface area (Å²) in [4.78, 5) is 15.7. The molecule has 258 valence electrons. The van der Waals surface area contributed by atoms with Gasteiger partial charge in [0.15, 0.2) is 5.84 Å². The first-order chi connectivity index (χ1) is 27.3. The van der Waals surface area contributed by atoms with E-state index < -0.39 is 0 Å². The fraction of sp³-hybridized carbons (Fsp3) is 0.0200. The molecule has 1 unspecified atom stereocenters. The molecule has 1 aliphatic rings. The van der Waals surface area contributed by atoms with Crippen molar-refractivity contribution in [1.29, 1.82) is 0 Å². The van der Waals surface area contributed by atoms with E-state index in [1.807, 2.05) is 24.4 Å². The van der Waals surface area contributed by atoms with Crippen LogP contribution in [0.4, 0.5) is 0 Å². The van der Waals surface area contributed by atoms with Crippen molar-refractivity contribution in [2.45, 2.75) is 6.17 Å². The number of pyridine rings is 1. The lowest BCUT2D eigenvalue weighted by Crippen LogP contribution is -2.33. The van der Waals surface area contributed by atoms with Crippen molar-refractivity contribution in [3.05, 3.63) is 205 Å². The highest BCUT2D eigenvalue weighted by Gasteiger charge is 2.24. The maximum Gasteiger partial charge on any atom is 0.160 e. The van der Waals surface area contributed by atoms with Crippen molar-refractivity contribution >= 4 is 65.9 Å². The van der Waals surface area contributed by atoms with Gasteiger partial charge in [-0.3, -0.25) is 4.98 Å². The van der Waals surface area contributed by atoms with Crippen LogP contribution in [0.2, 0.25) is 0 Å². The number of fused-ring (bicyclic) bond motifs is 9. The SMILES string of the molecule is c1ccc(C2=NC(c3cc(-c4ccc5c(c4)c4ncccc4n5-c4ccccc4)cc4c5ccccc5c5ccccc5c34)=NC(c3ccccc3)N2)cc1. The molecule has 0 saturated carbocycles. The van der Waals surface area contributed by atoms with Gasteiger partial charge in [0.05, 0.1) is 16.6 Å². The van der Waals surface area contributed by atoms with Crippen molar-refractivity contribution in [1.82, 2.24) is 14.9 Å². The smallest absolute Gasteiger partial charge is 0.160 e. The van der Waals surface area contributed by atoms with E-state index in [1.54, 1.807) is 0 Å². The van der Waals surface area contributed by atoms with Gasteiger partial charge in [0, 0.05) is 33.8 Å². The number of benzene rings is 8.